The van der Waals surface area contributed by atoms with E-state index in [1.54, 1.807) is 0 Å². The summed E-state index contributed by atoms with van der Waals surface area (Å²) < 4.78 is 41.6. The largest absolute Gasteiger partial charge is 0.394 e. The highest BCUT2D eigenvalue weighted by molar-refractivity contribution is 5.18. The lowest BCUT2D eigenvalue weighted by molar-refractivity contribution is -0.373. The highest BCUT2D eigenvalue weighted by Crippen LogP contribution is 2.71. The maximum atomic E-state index is 12.3. The fraction of sp³-hybridized carbons (Fsp3) is 0.956. The van der Waals surface area contributed by atoms with Crippen LogP contribution in [-0.4, -0.2) is 209 Å². The molecule has 8 rings (SSSR count). The summed E-state index contributed by atoms with van der Waals surface area (Å²) >= 11 is 0. The molecule has 4 aliphatic heterocycles. The van der Waals surface area contributed by atoms with Crippen molar-refractivity contribution in [3.63, 3.8) is 0 Å². The van der Waals surface area contributed by atoms with Crippen LogP contribution in [0.2, 0.25) is 0 Å². The quantitative estimate of drug-likeness (QED) is 0.0651. The molecule has 27 atom stereocenters. The molecule has 4 heterocycles. The van der Waals surface area contributed by atoms with Crippen molar-refractivity contribution in [3.05, 3.63) is 12.2 Å². The Kier molecular flexibility index (Phi) is 14.9. The highest BCUT2D eigenvalue weighted by Gasteiger charge is 2.71. The van der Waals surface area contributed by atoms with Crippen molar-refractivity contribution in [2.24, 2.45) is 46.3 Å². The lowest BCUT2D eigenvalue weighted by Crippen LogP contribution is -2.65. The normalized spacial score (nSPS) is 55.5. The Hall–Kier alpha value is -1.06. The first-order valence-corrected chi connectivity index (χ1v) is 23.6. The van der Waals surface area contributed by atoms with Crippen LogP contribution in [0.4, 0.5) is 0 Å². The smallest absolute Gasteiger partial charge is 0.187 e. The van der Waals surface area contributed by atoms with Crippen LogP contribution in [0.3, 0.4) is 0 Å². The second-order valence-corrected chi connectivity index (χ2v) is 21.1. The molecule has 374 valence electrons. The van der Waals surface area contributed by atoms with Gasteiger partial charge in [0.1, 0.15) is 73.2 Å². The van der Waals surface area contributed by atoms with Gasteiger partial charge in [0.15, 0.2) is 24.7 Å². The van der Waals surface area contributed by atoms with Gasteiger partial charge in [-0.2, -0.15) is 0 Å². The molecule has 0 aromatic carbocycles. The van der Waals surface area contributed by atoms with E-state index in [0.717, 1.165) is 19.3 Å². The molecule has 20 nitrogen and oxygen atoms in total. The van der Waals surface area contributed by atoms with Crippen molar-refractivity contribution >= 4 is 0 Å². The molecular weight excluding hydrogens is 860 g/mol. The van der Waals surface area contributed by atoms with E-state index in [-0.39, 0.29) is 60.2 Å². The minimum atomic E-state index is -1.78. The Bertz CT molecular complexity index is 1640. The van der Waals surface area contributed by atoms with Gasteiger partial charge in [0.2, 0.25) is 0 Å². The second-order valence-electron chi connectivity index (χ2n) is 21.1. The number of hydrogen-bond donors (Lipinski definition) is 13. The summed E-state index contributed by atoms with van der Waals surface area (Å²) in [7, 11) is 0. The molecule has 0 aromatic heterocycles. The molecule has 8 aliphatic rings. The molecule has 0 spiro atoms. The van der Waals surface area contributed by atoms with Gasteiger partial charge in [-0.15, -0.1) is 0 Å². The first-order chi connectivity index (χ1) is 30.7. The van der Waals surface area contributed by atoms with Gasteiger partial charge in [-0.1, -0.05) is 32.9 Å². The van der Waals surface area contributed by atoms with E-state index in [0.29, 0.717) is 43.6 Å². The lowest BCUT2D eigenvalue weighted by Gasteiger charge is -2.62. The van der Waals surface area contributed by atoms with E-state index in [4.69, 9.17) is 33.2 Å². The first kappa shape index (κ1) is 50.3. The maximum absolute atomic E-state index is 12.3. The molecular formula is C45H74O20. The van der Waals surface area contributed by atoms with Crippen molar-refractivity contribution in [3.8, 4) is 0 Å². The third-order valence-electron chi connectivity index (χ3n) is 17.8. The molecule has 8 fully saturated rings. The Morgan fingerprint density at radius 3 is 1.88 bits per heavy atom. The van der Waals surface area contributed by atoms with Crippen LogP contribution in [0.15, 0.2) is 12.2 Å². The van der Waals surface area contributed by atoms with Crippen molar-refractivity contribution in [2.45, 2.75) is 195 Å². The van der Waals surface area contributed by atoms with Crippen LogP contribution >= 0.6 is 0 Å². The molecule has 0 aromatic rings. The van der Waals surface area contributed by atoms with E-state index < -0.39 is 129 Å². The van der Waals surface area contributed by atoms with Crippen molar-refractivity contribution in [1.29, 1.82) is 0 Å². The number of aliphatic hydroxyl groups is 13. The maximum Gasteiger partial charge on any atom is 0.187 e. The molecule has 65 heavy (non-hydrogen) atoms. The summed E-state index contributed by atoms with van der Waals surface area (Å²) in [4.78, 5) is 0. The Labute approximate surface area is 378 Å². The van der Waals surface area contributed by atoms with Gasteiger partial charge in [-0.25, -0.2) is 0 Å². The van der Waals surface area contributed by atoms with E-state index in [1.165, 1.54) is 0 Å². The molecule has 20 heteroatoms. The van der Waals surface area contributed by atoms with Gasteiger partial charge >= 0.3 is 0 Å². The molecule has 4 saturated carbocycles. The topological polar surface area (TPSA) is 328 Å². The van der Waals surface area contributed by atoms with Crippen molar-refractivity contribution in [2.75, 3.05) is 26.4 Å². The van der Waals surface area contributed by atoms with Gasteiger partial charge in [-0.05, 0) is 80.5 Å². The van der Waals surface area contributed by atoms with Crippen LogP contribution in [0, 0.1) is 46.3 Å². The molecule has 8 unspecified atom stereocenters. The summed E-state index contributed by atoms with van der Waals surface area (Å²) in [6.45, 7) is 8.57. The summed E-state index contributed by atoms with van der Waals surface area (Å²) in [6.07, 6.45) is -18.0. The number of hydrogen-bond acceptors (Lipinski definition) is 20. The Balaban J connectivity index is 0.887. The fourth-order valence-corrected chi connectivity index (χ4v) is 13.9. The number of ether oxygens (including phenoxy) is 7. The third kappa shape index (κ3) is 8.70. The molecule has 0 bridgehead atoms. The Morgan fingerprint density at radius 1 is 0.662 bits per heavy atom. The zero-order valence-electron chi connectivity index (χ0n) is 37.4. The average Bonchev–Trinajstić information content (AvgIpc) is 3.73. The van der Waals surface area contributed by atoms with E-state index in [2.05, 4.69) is 20.4 Å². The highest BCUT2D eigenvalue weighted by atomic mass is 16.8. The first-order valence-electron chi connectivity index (χ1n) is 23.6. The zero-order chi connectivity index (χ0) is 47.1. The Morgan fingerprint density at radius 2 is 1.25 bits per heavy atom. The predicted molar refractivity (Wildman–Crippen MR) is 220 cm³/mol. The van der Waals surface area contributed by atoms with Crippen LogP contribution in [0.5, 0.6) is 0 Å². The van der Waals surface area contributed by atoms with Crippen LogP contribution in [-0.2, 0) is 33.2 Å². The molecule has 4 aliphatic carbocycles. The number of aliphatic hydroxyl groups excluding tert-OH is 12. The minimum absolute atomic E-state index is 0.0690. The third-order valence-corrected chi connectivity index (χ3v) is 17.8. The summed E-state index contributed by atoms with van der Waals surface area (Å²) in [5.74, 6) is -1.02. The summed E-state index contributed by atoms with van der Waals surface area (Å²) in [6, 6.07) is 0. The molecule has 4 saturated heterocycles. The van der Waals surface area contributed by atoms with Crippen LogP contribution in [0.25, 0.3) is 0 Å². The summed E-state index contributed by atoms with van der Waals surface area (Å²) in [5.41, 5.74) is -0.0705. The summed E-state index contributed by atoms with van der Waals surface area (Å²) in [5, 5.41) is 137. The van der Waals surface area contributed by atoms with Crippen molar-refractivity contribution in [1.82, 2.24) is 0 Å². The van der Waals surface area contributed by atoms with E-state index in [9.17, 15) is 66.4 Å². The second kappa shape index (κ2) is 19.3. The molecule has 0 radical (unpaired) electrons. The van der Waals surface area contributed by atoms with E-state index in [1.807, 2.05) is 6.92 Å². The number of fused-ring (bicyclic) bond motifs is 7. The monoisotopic (exact) mass is 934 g/mol. The average molecular weight is 935 g/mol. The SMILES string of the molecule is C=C(CCC1(O)OC2CC3C4CC[C@@H]5CC(O[C@@H]6O[C@H](CO)[C@H](O)[C@H](O)[C@H]6O[C@@H]6O[C@H](CO)[C@@H](O)[C@H](O)[C@H]6O)CC[C@]5(C)C4C[C@@H](O)[C@]3(C)C2C1C)CO[C@@H]1O[C@H](CO)[C@@H](O)[C@H](O)[C@H]1O. The zero-order valence-corrected chi connectivity index (χ0v) is 37.4. The predicted octanol–water partition coefficient (Wildman–Crippen LogP) is -2.89. The number of rotatable bonds is 13. The molecule has 0 amide bonds. The lowest BCUT2D eigenvalue weighted by atomic mass is 9.43. The standard InChI is InChI=1S/C45H74O20/c1-18(17-59-40-37(56)34(53)31(50)26(14-46)61-40)7-10-45(58)19(2)30-25(65-45)12-24-22-6-5-20-11-21(8-9-43(20,3)23(22)13-29(49)44(24,30)4)60-42-39(36(55)33(52)28(16-48)63-42)64-41-38(57)35(54)32(51)27(15-47)62-41/h19-42,46-58H,1,5-17H2,2-4H3/t19?,20-,21?,22?,23?,24?,25?,26-,27-,28-,29-,30?,31-,32-,33+,34+,35+,36+,37-,38-,39-,40-,41+,42-,43+,44-,45?/m1/s1. The van der Waals surface area contributed by atoms with Crippen LogP contribution in [0.1, 0.15) is 78.6 Å². The van der Waals surface area contributed by atoms with Gasteiger partial charge in [0.05, 0.1) is 44.7 Å². The fourth-order valence-electron chi connectivity index (χ4n) is 13.9. The van der Waals surface area contributed by atoms with Gasteiger partial charge in [0.25, 0.3) is 0 Å². The van der Waals surface area contributed by atoms with Gasteiger partial charge in [-0.3, -0.25) is 0 Å². The van der Waals surface area contributed by atoms with E-state index >= 15 is 0 Å². The van der Waals surface area contributed by atoms with Gasteiger partial charge in [0, 0.05) is 23.7 Å². The van der Waals surface area contributed by atoms with Crippen molar-refractivity contribution < 1.29 is 99.5 Å². The minimum Gasteiger partial charge on any atom is -0.394 e. The molecule has 13 N–H and O–H groups in total. The van der Waals surface area contributed by atoms with Crippen LogP contribution < -0.4 is 0 Å². The van der Waals surface area contributed by atoms with Gasteiger partial charge < -0.3 is 99.5 Å².